The summed E-state index contributed by atoms with van der Waals surface area (Å²) in [6.45, 7) is 2.87. The molecule has 94 valence electrons. The molecule has 0 bridgehead atoms. The van der Waals surface area contributed by atoms with Gasteiger partial charge in [0.25, 0.3) is 0 Å². The number of nitrogens with zero attached hydrogens (tertiary/aromatic N) is 1. The van der Waals surface area contributed by atoms with Crippen LogP contribution in [0.5, 0.6) is 0 Å². The van der Waals surface area contributed by atoms with Gasteiger partial charge in [0.05, 0.1) is 6.54 Å². The summed E-state index contributed by atoms with van der Waals surface area (Å²) in [6, 6.07) is 0.545. The lowest BCUT2D eigenvalue weighted by Gasteiger charge is -2.27. The monoisotopic (exact) mass is 236 g/mol. The summed E-state index contributed by atoms with van der Waals surface area (Å²) in [7, 11) is 0. The number of alkyl halides is 3. The molecule has 2 atom stereocenters. The third-order valence-corrected chi connectivity index (χ3v) is 3.60. The lowest BCUT2D eigenvalue weighted by Crippen LogP contribution is -2.41. The average Bonchev–Trinajstić information content (AvgIpc) is 2.90. The maximum Gasteiger partial charge on any atom is 0.401 e. The Morgan fingerprint density at radius 1 is 1.25 bits per heavy atom. The van der Waals surface area contributed by atoms with E-state index in [-0.39, 0.29) is 6.04 Å². The second kappa shape index (κ2) is 4.53. The van der Waals surface area contributed by atoms with Gasteiger partial charge in [-0.05, 0) is 38.6 Å². The van der Waals surface area contributed by atoms with Gasteiger partial charge in [-0.1, -0.05) is 0 Å². The zero-order valence-electron chi connectivity index (χ0n) is 9.56. The first-order chi connectivity index (χ1) is 7.46. The van der Waals surface area contributed by atoms with Crippen molar-refractivity contribution in [2.45, 2.75) is 44.4 Å². The SMILES string of the molecule is CC1NCCC1CN(CC(F)(F)F)C1CC1. The van der Waals surface area contributed by atoms with Gasteiger partial charge in [-0.2, -0.15) is 13.2 Å². The second-order valence-electron chi connectivity index (χ2n) is 5.07. The topological polar surface area (TPSA) is 15.3 Å². The van der Waals surface area contributed by atoms with Crippen molar-refractivity contribution in [2.75, 3.05) is 19.6 Å². The summed E-state index contributed by atoms with van der Waals surface area (Å²) in [4.78, 5) is 1.63. The molecule has 1 aliphatic heterocycles. The normalized spacial score (nSPS) is 31.3. The maximum absolute atomic E-state index is 12.4. The number of hydrogen-bond donors (Lipinski definition) is 1. The van der Waals surface area contributed by atoms with E-state index < -0.39 is 12.7 Å². The third kappa shape index (κ3) is 3.35. The van der Waals surface area contributed by atoms with Crippen LogP contribution in [0.4, 0.5) is 13.2 Å². The minimum atomic E-state index is -4.06. The quantitative estimate of drug-likeness (QED) is 0.803. The Kier molecular flexibility index (Phi) is 3.45. The molecule has 1 saturated heterocycles. The molecule has 2 nitrogen and oxygen atoms in total. The van der Waals surface area contributed by atoms with Gasteiger partial charge in [0.2, 0.25) is 0 Å². The average molecular weight is 236 g/mol. The van der Waals surface area contributed by atoms with Crippen molar-refractivity contribution in [3.8, 4) is 0 Å². The molecular weight excluding hydrogens is 217 g/mol. The lowest BCUT2D eigenvalue weighted by atomic mass is 10.0. The van der Waals surface area contributed by atoms with Crippen LogP contribution in [0.3, 0.4) is 0 Å². The predicted octanol–water partition coefficient (Wildman–Crippen LogP) is 2.01. The summed E-state index contributed by atoms with van der Waals surface area (Å²) in [6.07, 6.45) is -1.19. The van der Waals surface area contributed by atoms with Crippen LogP contribution in [0.25, 0.3) is 0 Å². The number of rotatable bonds is 4. The lowest BCUT2D eigenvalue weighted by molar-refractivity contribution is -0.148. The summed E-state index contributed by atoms with van der Waals surface area (Å²) in [5, 5.41) is 3.29. The van der Waals surface area contributed by atoms with E-state index in [0.717, 1.165) is 25.8 Å². The summed E-state index contributed by atoms with van der Waals surface area (Å²) in [5.74, 6) is 0.378. The maximum atomic E-state index is 12.4. The van der Waals surface area contributed by atoms with Gasteiger partial charge in [0.15, 0.2) is 0 Å². The van der Waals surface area contributed by atoms with Crippen LogP contribution < -0.4 is 5.32 Å². The highest BCUT2D eigenvalue weighted by molar-refractivity contribution is 4.90. The molecule has 2 aliphatic rings. The van der Waals surface area contributed by atoms with E-state index in [0.29, 0.717) is 18.5 Å². The van der Waals surface area contributed by atoms with Gasteiger partial charge in [0, 0.05) is 18.6 Å². The molecule has 0 aromatic carbocycles. The first-order valence-corrected chi connectivity index (χ1v) is 6.00. The molecule has 1 aliphatic carbocycles. The number of halogens is 3. The Morgan fingerprint density at radius 2 is 1.94 bits per heavy atom. The largest absolute Gasteiger partial charge is 0.401 e. The first kappa shape index (κ1) is 12.2. The van der Waals surface area contributed by atoms with Crippen LogP contribution in [-0.4, -0.2) is 42.8 Å². The molecule has 1 heterocycles. The Bertz CT molecular complexity index is 238. The predicted molar refractivity (Wildman–Crippen MR) is 56.2 cm³/mol. The standard InChI is InChI=1S/C11H19F3N2/c1-8-9(4-5-15-8)6-16(10-2-3-10)7-11(12,13)14/h8-10,15H,2-7H2,1H3. The fraction of sp³-hybridized carbons (Fsp3) is 1.00. The highest BCUT2D eigenvalue weighted by atomic mass is 19.4. The second-order valence-corrected chi connectivity index (χ2v) is 5.07. The Morgan fingerprint density at radius 3 is 2.38 bits per heavy atom. The van der Waals surface area contributed by atoms with E-state index in [9.17, 15) is 13.2 Å². The molecule has 0 radical (unpaired) electrons. The summed E-state index contributed by atoms with van der Waals surface area (Å²) < 4.78 is 37.2. The van der Waals surface area contributed by atoms with Crippen LogP contribution in [0, 0.1) is 5.92 Å². The zero-order chi connectivity index (χ0) is 11.8. The van der Waals surface area contributed by atoms with Gasteiger partial charge in [0.1, 0.15) is 0 Å². The van der Waals surface area contributed by atoms with Crippen molar-refractivity contribution in [3.63, 3.8) is 0 Å². The smallest absolute Gasteiger partial charge is 0.314 e. The van der Waals surface area contributed by atoms with Crippen molar-refractivity contribution in [1.82, 2.24) is 10.2 Å². The molecule has 0 spiro atoms. The van der Waals surface area contributed by atoms with E-state index in [1.165, 1.54) is 0 Å². The van der Waals surface area contributed by atoms with Crippen LogP contribution >= 0.6 is 0 Å². The Labute approximate surface area is 94.2 Å². The molecule has 0 aromatic rings. The molecule has 2 fully saturated rings. The highest BCUT2D eigenvalue weighted by Crippen LogP contribution is 2.32. The van der Waals surface area contributed by atoms with Gasteiger partial charge in [-0.3, -0.25) is 4.90 Å². The van der Waals surface area contributed by atoms with Gasteiger partial charge in [-0.25, -0.2) is 0 Å². The molecule has 2 rings (SSSR count). The van der Waals surface area contributed by atoms with Crippen LogP contribution in [0.15, 0.2) is 0 Å². The first-order valence-electron chi connectivity index (χ1n) is 6.00. The Hall–Kier alpha value is -0.290. The van der Waals surface area contributed by atoms with Crippen molar-refractivity contribution in [2.24, 2.45) is 5.92 Å². The fourth-order valence-electron chi connectivity index (χ4n) is 2.48. The van der Waals surface area contributed by atoms with Crippen molar-refractivity contribution >= 4 is 0 Å². The van der Waals surface area contributed by atoms with E-state index in [4.69, 9.17) is 0 Å². The van der Waals surface area contributed by atoms with E-state index in [1.54, 1.807) is 4.90 Å². The van der Waals surface area contributed by atoms with Crippen LogP contribution in [0.2, 0.25) is 0 Å². The molecule has 0 amide bonds. The molecule has 5 heteroatoms. The van der Waals surface area contributed by atoms with Crippen LogP contribution in [-0.2, 0) is 0 Å². The van der Waals surface area contributed by atoms with Gasteiger partial charge in [-0.15, -0.1) is 0 Å². The minimum absolute atomic E-state index is 0.189. The number of hydrogen-bond acceptors (Lipinski definition) is 2. The Balaban J connectivity index is 1.87. The molecular formula is C11H19F3N2. The van der Waals surface area contributed by atoms with Gasteiger partial charge < -0.3 is 5.32 Å². The number of nitrogens with one attached hydrogen (secondary N) is 1. The van der Waals surface area contributed by atoms with Crippen molar-refractivity contribution in [3.05, 3.63) is 0 Å². The fourth-order valence-corrected chi connectivity index (χ4v) is 2.48. The molecule has 1 saturated carbocycles. The van der Waals surface area contributed by atoms with Crippen molar-refractivity contribution in [1.29, 1.82) is 0 Å². The molecule has 1 N–H and O–H groups in total. The summed E-state index contributed by atoms with van der Waals surface area (Å²) >= 11 is 0. The summed E-state index contributed by atoms with van der Waals surface area (Å²) in [5.41, 5.74) is 0. The van der Waals surface area contributed by atoms with Gasteiger partial charge >= 0.3 is 6.18 Å². The third-order valence-electron chi connectivity index (χ3n) is 3.60. The highest BCUT2D eigenvalue weighted by Gasteiger charge is 2.39. The minimum Gasteiger partial charge on any atom is -0.314 e. The van der Waals surface area contributed by atoms with E-state index in [1.807, 2.05) is 0 Å². The van der Waals surface area contributed by atoms with E-state index >= 15 is 0 Å². The van der Waals surface area contributed by atoms with Crippen LogP contribution in [0.1, 0.15) is 26.2 Å². The van der Waals surface area contributed by atoms with E-state index in [2.05, 4.69) is 12.2 Å². The molecule has 16 heavy (non-hydrogen) atoms. The van der Waals surface area contributed by atoms with Crippen molar-refractivity contribution < 1.29 is 13.2 Å². The zero-order valence-corrected chi connectivity index (χ0v) is 9.56. The molecule has 0 aromatic heterocycles. The molecule has 2 unspecified atom stereocenters.